The van der Waals surface area contributed by atoms with Gasteiger partial charge in [-0.15, -0.1) is 0 Å². The number of carbonyl (C=O) groups is 2. The molecule has 0 aromatic carbocycles. The van der Waals surface area contributed by atoms with Crippen LogP contribution in [0.25, 0.3) is 0 Å². The first-order valence-corrected chi connectivity index (χ1v) is 12.4. The van der Waals surface area contributed by atoms with Crippen LogP contribution in [0, 0.1) is 0 Å². The molecule has 0 saturated carbocycles. The molecule has 0 atom stereocenters. The van der Waals surface area contributed by atoms with Gasteiger partial charge < -0.3 is 10.2 Å². The van der Waals surface area contributed by atoms with E-state index >= 15 is 0 Å². The van der Waals surface area contributed by atoms with Gasteiger partial charge in [-0.25, -0.2) is 0 Å². The Hall–Kier alpha value is -0.626. The molecular weight excluding hydrogens is 252 g/mol. The Morgan fingerprint density at radius 1 is 0.882 bits per heavy atom. The van der Waals surface area contributed by atoms with Gasteiger partial charge in [-0.3, -0.25) is 9.59 Å². The SMILES string of the molecule is CC[Si](C)(C)C(C(=O)O)(C(=O)O)[Si](C)(C)CC. The Morgan fingerprint density at radius 2 is 1.12 bits per heavy atom. The minimum absolute atomic E-state index is 0.669. The van der Waals surface area contributed by atoms with E-state index in [9.17, 15) is 19.8 Å². The van der Waals surface area contributed by atoms with Crippen molar-refractivity contribution >= 4 is 28.1 Å². The van der Waals surface area contributed by atoms with Gasteiger partial charge in [-0.1, -0.05) is 52.1 Å². The van der Waals surface area contributed by atoms with Crippen molar-refractivity contribution in [1.29, 1.82) is 0 Å². The highest BCUT2D eigenvalue weighted by atomic mass is 28.4. The molecule has 0 aliphatic rings. The molecule has 0 radical (unpaired) electrons. The summed E-state index contributed by atoms with van der Waals surface area (Å²) in [6, 6.07) is 1.34. The molecule has 0 amide bonds. The topological polar surface area (TPSA) is 74.6 Å². The summed E-state index contributed by atoms with van der Waals surface area (Å²) in [6.07, 6.45) is 0. The van der Waals surface area contributed by atoms with Crippen LogP contribution in [0.1, 0.15) is 13.8 Å². The van der Waals surface area contributed by atoms with Gasteiger partial charge in [-0.05, 0) is 0 Å². The minimum atomic E-state index is -2.38. The number of carboxylic acid groups (broad SMARTS) is 2. The third kappa shape index (κ3) is 2.20. The minimum Gasteiger partial charge on any atom is -0.481 e. The van der Waals surface area contributed by atoms with Crippen LogP contribution in [0.4, 0.5) is 0 Å². The van der Waals surface area contributed by atoms with Crippen molar-refractivity contribution in [3.63, 3.8) is 0 Å². The molecule has 2 N–H and O–H groups in total. The summed E-state index contributed by atoms with van der Waals surface area (Å²) in [5, 5.41) is 19.2. The second-order valence-electron chi connectivity index (χ2n) is 5.84. The first kappa shape index (κ1) is 16.4. The lowest BCUT2D eigenvalue weighted by molar-refractivity contribution is -0.149. The summed E-state index contributed by atoms with van der Waals surface area (Å²) in [4.78, 5) is 23.5. The lowest BCUT2D eigenvalue weighted by Gasteiger charge is -2.47. The van der Waals surface area contributed by atoms with Crippen LogP contribution in [0.3, 0.4) is 0 Å². The average Bonchev–Trinajstić information content (AvgIpc) is 2.16. The second-order valence-corrected chi connectivity index (χ2v) is 16.8. The Balaban J connectivity index is 6.17. The first-order valence-electron chi connectivity index (χ1n) is 5.98. The summed E-state index contributed by atoms with van der Waals surface area (Å²) in [5.41, 5.74) is 0. The van der Waals surface area contributed by atoms with E-state index in [1.165, 1.54) is 0 Å². The molecular formula is C11H24O4Si2. The maximum atomic E-state index is 11.8. The Bertz CT molecular complexity index is 291. The predicted octanol–water partition coefficient (Wildman–Crippen LogP) is 2.89. The van der Waals surface area contributed by atoms with Crippen LogP contribution in [0.15, 0.2) is 0 Å². The number of carboxylic acids is 2. The average molecular weight is 276 g/mol. The Labute approximate surface area is 105 Å². The number of rotatable bonds is 6. The van der Waals surface area contributed by atoms with E-state index < -0.39 is 32.7 Å². The predicted molar refractivity (Wildman–Crippen MR) is 73.9 cm³/mol. The highest BCUT2D eigenvalue weighted by molar-refractivity contribution is 7.07. The third-order valence-corrected chi connectivity index (χ3v) is 17.0. The van der Waals surface area contributed by atoms with Gasteiger partial charge in [0.25, 0.3) is 0 Å². The first-order chi connectivity index (χ1) is 7.51. The zero-order valence-corrected chi connectivity index (χ0v) is 13.6. The summed E-state index contributed by atoms with van der Waals surface area (Å²) >= 11 is 0. The van der Waals surface area contributed by atoms with Crippen molar-refractivity contribution in [3.8, 4) is 0 Å². The van der Waals surface area contributed by atoms with Crippen LogP contribution in [0.5, 0.6) is 0 Å². The van der Waals surface area contributed by atoms with E-state index in [4.69, 9.17) is 0 Å². The zero-order chi connectivity index (χ0) is 14.1. The highest BCUT2D eigenvalue weighted by Crippen LogP contribution is 2.50. The van der Waals surface area contributed by atoms with Crippen molar-refractivity contribution < 1.29 is 19.8 Å². The standard InChI is InChI=1S/C11H24O4Si2/c1-7-16(3,4)11(9(12)13,10(14)15)17(5,6)8-2/h7-8H2,1-6H3,(H,12,13)(H,14,15). The fraction of sp³-hybridized carbons (Fsp3) is 0.818. The quantitative estimate of drug-likeness (QED) is 0.578. The van der Waals surface area contributed by atoms with E-state index in [1.54, 1.807) is 0 Å². The summed E-state index contributed by atoms with van der Waals surface area (Å²) in [7, 11) is -4.75. The maximum Gasteiger partial charge on any atom is 0.315 e. The number of hydrogen-bond donors (Lipinski definition) is 2. The molecule has 0 rings (SSSR count). The second kappa shape index (κ2) is 4.93. The summed E-state index contributed by atoms with van der Waals surface area (Å²) in [6.45, 7) is 11.4. The Morgan fingerprint density at radius 3 is 1.24 bits per heavy atom. The number of aliphatic carboxylic acids is 2. The molecule has 100 valence electrons. The molecule has 0 bridgehead atoms. The molecule has 0 aliphatic heterocycles. The maximum absolute atomic E-state index is 11.8. The highest BCUT2D eigenvalue weighted by Gasteiger charge is 2.66. The van der Waals surface area contributed by atoms with Crippen LogP contribution >= 0.6 is 0 Å². The van der Waals surface area contributed by atoms with Crippen molar-refractivity contribution in [2.45, 2.75) is 56.8 Å². The summed E-state index contributed by atoms with van der Waals surface area (Å²) in [5.74, 6) is -2.25. The van der Waals surface area contributed by atoms with E-state index in [-0.39, 0.29) is 0 Å². The van der Waals surface area contributed by atoms with Crippen molar-refractivity contribution in [2.75, 3.05) is 0 Å². The molecule has 0 saturated heterocycles. The molecule has 0 aliphatic carbocycles. The van der Waals surface area contributed by atoms with Crippen LogP contribution in [0.2, 0.25) is 42.9 Å². The van der Waals surface area contributed by atoms with Crippen molar-refractivity contribution in [3.05, 3.63) is 0 Å². The monoisotopic (exact) mass is 276 g/mol. The summed E-state index contributed by atoms with van der Waals surface area (Å²) < 4.78 is -1.50. The molecule has 0 aromatic rings. The third-order valence-electron chi connectivity index (χ3n) is 4.44. The van der Waals surface area contributed by atoms with E-state index in [0.29, 0.717) is 12.1 Å². The van der Waals surface area contributed by atoms with Gasteiger partial charge in [0.05, 0.1) is 16.1 Å². The van der Waals surface area contributed by atoms with Crippen molar-refractivity contribution in [1.82, 2.24) is 0 Å². The fourth-order valence-electron chi connectivity index (χ4n) is 2.70. The normalized spacial score (nSPS) is 13.5. The van der Waals surface area contributed by atoms with Crippen LogP contribution < -0.4 is 0 Å². The van der Waals surface area contributed by atoms with Gasteiger partial charge in [0.1, 0.15) is 4.66 Å². The zero-order valence-electron chi connectivity index (χ0n) is 11.6. The van der Waals surface area contributed by atoms with Gasteiger partial charge in [0.15, 0.2) is 0 Å². The van der Waals surface area contributed by atoms with Gasteiger partial charge in [-0.2, -0.15) is 0 Å². The molecule has 0 spiro atoms. The van der Waals surface area contributed by atoms with Crippen LogP contribution in [-0.2, 0) is 9.59 Å². The van der Waals surface area contributed by atoms with E-state index in [1.807, 2.05) is 40.0 Å². The molecule has 17 heavy (non-hydrogen) atoms. The lowest BCUT2D eigenvalue weighted by atomic mass is 10.4. The largest absolute Gasteiger partial charge is 0.481 e. The number of hydrogen-bond acceptors (Lipinski definition) is 2. The van der Waals surface area contributed by atoms with Gasteiger partial charge >= 0.3 is 11.9 Å². The van der Waals surface area contributed by atoms with Crippen LogP contribution in [-0.4, -0.2) is 38.3 Å². The molecule has 0 unspecified atom stereocenters. The lowest BCUT2D eigenvalue weighted by Crippen LogP contribution is -2.64. The molecule has 4 nitrogen and oxygen atoms in total. The Kier molecular flexibility index (Phi) is 4.75. The smallest absolute Gasteiger partial charge is 0.315 e. The molecule has 0 heterocycles. The molecule has 0 aromatic heterocycles. The fourth-order valence-corrected chi connectivity index (χ4v) is 14.5. The van der Waals surface area contributed by atoms with E-state index in [2.05, 4.69) is 0 Å². The van der Waals surface area contributed by atoms with E-state index in [0.717, 1.165) is 0 Å². The van der Waals surface area contributed by atoms with Gasteiger partial charge in [0.2, 0.25) is 0 Å². The molecule has 6 heteroatoms. The molecule has 0 fully saturated rings. The van der Waals surface area contributed by atoms with Gasteiger partial charge in [0, 0.05) is 0 Å². The van der Waals surface area contributed by atoms with Crippen molar-refractivity contribution in [2.24, 2.45) is 0 Å².